The zero-order valence-corrected chi connectivity index (χ0v) is 12.9. The van der Waals surface area contributed by atoms with Crippen molar-refractivity contribution in [3.63, 3.8) is 0 Å². The third-order valence-electron chi connectivity index (χ3n) is 3.07. The van der Waals surface area contributed by atoms with Gasteiger partial charge >= 0.3 is 0 Å². The summed E-state index contributed by atoms with van der Waals surface area (Å²) in [5, 5.41) is 3.43. The molecule has 1 N–H and O–H groups in total. The number of nitrogens with zero attached hydrogens (tertiary/aromatic N) is 2. The van der Waals surface area contributed by atoms with Crippen LogP contribution in [0.3, 0.4) is 0 Å². The van der Waals surface area contributed by atoms with Gasteiger partial charge in [0.25, 0.3) is 0 Å². The van der Waals surface area contributed by atoms with Gasteiger partial charge in [-0.3, -0.25) is 0 Å². The number of hydrogen-bond donors (Lipinski definition) is 1. The number of aryl methyl sites for hydroxylation is 2. The summed E-state index contributed by atoms with van der Waals surface area (Å²) >= 11 is 0. The first kappa shape index (κ1) is 16.1. The predicted octanol–water partition coefficient (Wildman–Crippen LogP) is 2.21. The zero-order chi connectivity index (χ0) is 14.3. The van der Waals surface area contributed by atoms with E-state index in [0.717, 1.165) is 43.2 Å². The van der Waals surface area contributed by atoms with E-state index in [2.05, 4.69) is 43.0 Å². The molecule has 1 heterocycles. The molecule has 0 aliphatic carbocycles. The monoisotopic (exact) mass is 265 g/mol. The maximum absolute atomic E-state index is 5.35. The Kier molecular flexibility index (Phi) is 6.95. The highest BCUT2D eigenvalue weighted by Crippen LogP contribution is 2.11. The second kappa shape index (κ2) is 8.23. The van der Waals surface area contributed by atoms with Gasteiger partial charge in [-0.2, -0.15) is 0 Å². The van der Waals surface area contributed by atoms with Crippen molar-refractivity contribution in [3.05, 3.63) is 22.8 Å². The Bertz CT molecular complexity index is 368. The lowest BCUT2D eigenvalue weighted by atomic mass is 10.1. The maximum atomic E-state index is 5.35. The Morgan fingerprint density at radius 2 is 1.74 bits per heavy atom. The van der Waals surface area contributed by atoms with E-state index in [1.807, 2.05) is 6.92 Å². The van der Waals surface area contributed by atoms with Crippen molar-refractivity contribution in [2.24, 2.45) is 0 Å². The van der Waals surface area contributed by atoms with Gasteiger partial charge in [0.1, 0.15) is 5.82 Å². The summed E-state index contributed by atoms with van der Waals surface area (Å²) in [7, 11) is 0. The maximum Gasteiger partial charge on any atom is 0.131 e. The zero-order valence-electron chi connectivity index (χ0n) is 12.9. The smallest absolute Gasteiger partial charge is 0.131 e. The first-order valence-electron chi connectivity index (χ1n) is 7.18. The Balaban J connectivity index is 2.63. The van der Waals surface area contributed by atoms with E-state index in [1.54, 1.807) is 0 Å². The second-order valence-electron chi connectivity index (χ2n) is 5.09. The molecule has 108 valence electrons. The molecule has 1 aromatic heterocycles. The van der Waals surface area contributed by atoms with Crippen molar-refractivity contribution < 1.29 is 4.74 Å². The molecule has 0 radical (unpaired) electrons. The van der Waals surface area contributed by atoms with Crippen LogP contribution in [0.15, 0.2) is 0 Å². The molecule has 1 aromatic rings. The standard InChI is InChI=1S/C15H27N3O/c1-6-19-10-8-15-17-12(4)14(13(5)18-15)7-9-16-11(2)3/h11,16H,6-10H2,1-5H3. The fourth-order valence-corrected chi connectivity index (χ4v) is 2.08. The summed E-state index contributed by atoms with van der Waals surface area (Å²) in [6.07, 6.45) is 1.78. The largest absolute Gasteiger partial charge is 0.381 e. The van der Waals surface area contributed by atoms with Crippen LogP contribution < -0.4 is 5.32 Å². The number of rotatable bonds is 8. The summed E-state index contributed by atoms with van der Waals surface area (Å²) in [4.78, 5) is 9.17. The van der Waals surface area contributed by atoms with E-state index in [1.165, 1.54) is 5.56 Å². The van der Waals surface area contributed by atoms with Gasteiger partial charge in [0.05, 0.1) is 6.61 Å². The highest BCUT2D eigenvalue weighted by atomic mass is 16.5. The van der Waals surface area contributed by atoms with Gasteiger partial charge in [0.2, 0.25) is 0 Å². The molecule has 0 atom stereocenters. The Labute approximate surface area is 117 Å². The lowest BCUT2D eigenvalue weighted by Crippen LogP contribution is -2.25. The van der Waals surface area contributed by atoms with Crippen LogP contribution in [-0.4, -0.2) is 35.8 Å². The van der Waals surface area contributed by atoms with Gasteiger partial charge < -0.3 is 10.1 Å². The molecule has 4 heteroatoms. The lowest BCUT2D eigenvalue weighted by molar-refractivity contribution is 0.149. The Hall–Kier alpha value is -1.00. The van der Waals surface area contributed by atoms with Crippen LogP contribution in [0, 0.1) is 13.8 Å². The molecule has 0 bridgehead atoms. The summed E-state index contributed by atoms with van der Waals surface area (Å²) in [6, 6.07) is 0.520. The lowest BCUT2D eigenvalue weighted by Gasteiger charge is -2.12. The predicted molar refractivity (Wildman–Crippen MR) is 78.5 cm³/mol. The molecule has 19 heavy (non-hydrogen) atoms. The molecule has 0 spiro atoms. The molecule has 4 nitrogen and oxygen atoms in total. The fourth-order valence-electron chi connectivity index (χ4n) is 2.08. The quantitative estimate of drug-likeness (QED) is 0.732. The molecule has 0 aromatic carbocycles. The van der Waals surface area contributed by atoms with Crippen LogP contribution in [0.2, 0.25) is 0 Å². The van der Waals surface area contributed by atoms with E-state index < -0.39 is 0 Å². The minimum absolute atomic E-state index is 0.520. The summed E-state index contributed by atoms with van der Waals surface area (Å²) in [6.45, 7) is 12.9. The first-order valence-corrected chi connectivity index (χ1v) is 7.18. The van der Waals surface area contributed by atoms with Crippen molar-refractivity contribution >= 4 is 0 Å². The van der Waals surface area contributed by atoms with Gasteiger partial charge in [-0.15, -0.1) is 0 Å². The molecule has 0 saturated carbocycles. The van der Waals surface area contributed by atoms with E-state index in [-0.39, 0.29) is 0 Å². The van der Waals surface area contributed by atoms with Crippen LogP contribution in [-0.2, 0) is 17.6 Å². The molecule has 0 aliphatic heterocycles. The number of ether oxygens (including phenoxy) is 1. The number of aromatic nitrogens is 2. The van der Waals surface area contributed by atoms with Crippen molar-refractivity contribution in [2.45, 2.75) is 53.5 Å². The van der Waals surface area contributed by atoms with Crippen LogP contribution in [0.4, 0.5) is 0 Å². The SMILES string of the molecule is CCOCCc1nc(C)c(CCNC(C)C)c(C)n1. The average Bonchev–Trinajstić information content (AvgIpc) is 2.32. The molecule has 0 fully saturated rings. The molecule has 0 unspecified atom stereocenters. The normalized spacial score (nSPS) is 11.3. The van der Waals surface area contributed by atoms with Gasteiger partial charge in [-0.1, -0.05) is 13.8 Å². The van der Waals surface area contributed by atoms with E-state index >= 15 is 0 Å². The second-order valence-corrected chi connectivity index (χ2v) is 5.09. The molecule has 1 rings (SSSR count). The van der Waals surface area contributed by atoms with Gasteiger partial charge in [-0.25, -0.2) is 9.97 Å². The van der Waals surface area contributed by atoms with Gasteiger partial charge in [-0.05, 0) is 39.3 Å². The summed E-state index contributed by atoms with van der Waals surface area (Å²) in [5.74, 6) is 0.893. The fraction of sp³-hybridized carbons (Fsp3) is 0.733. The third kappa shape index (κ3) is 5.66. The Morgan fingerprint density at radius 1 is 1.11 bits per heavy atom. The Morgan fingerprint density at radius 3 is 2.26 bits per heavy atom. The first-order chi connectivity index (χ1) is 9.04. The van der Waals surface area contributed by atoms with E-state index in [4.69, 9.17) is 4.74 Å². The molecule has 0 aliphatic rings. The van der Waals surface area contributed by atoms with Gasteiger partial charge in [0.15, 0.2) is 0 Å². The molecular formula is C15H27N3O. The van der Waals surface area contributed by atoms with Crippen molar-refractivity contribution in [1.82, 2.24) is 15.3 Å². The van der Waals surface area contributed by atoms with Crippen molar-refractivity contribution in [1.29, 1.82) is 0 Å². The van der Waals surface area contributed by atoms with Crippen LogP contribution in [0.1, 0.15) is 43.5 Å². The number of nitrogens with one attached hydrogen (secondary N) is 1. The average molecular weight is 265 g/mol. The topological polar surface area (TPSA) is 47.0 Å². The minimum atomic E-state index is 0.520. The summed E-state index contributed by atoms with van der Waals surface area (Å²) < 4.78 is 5.35. The van der Waals surface area contributed by atoms with E-state index in [0.29, 0.717) is 12.6 Å². The molecular weight excluding hydrogens is 238 g/mol. The highest BCUT2D eigenvalue weighted by molar-refractivity contribution is 5.24. The molecule has 0 saturated heterocycles. The van der Waals surface area contributed by atoms with Crippen molar-refractivity contribution in [3.8, 4) is 0 Å². The van der Waals surface area contributed by atoms with Crippen molar-refractivity contribution in [2.75, 3.05) is 19.8 Å². The minimum Gasteiger partial charge on any atom is -0.381 e. The van der Waals surface area contributed by atoms with Crippen LogP contribution >= 0.6 is 0 Å². The third-order valence-corrected chi connectivity index (χ3v) is 3.07. The van der Waals surface area contributed by atoms with Crippen LogP contribution in [0.25, 0.3) is 0 Å². The summed E-state index contributed by atoms with van der Waals surface area (Å²) in [5.41, 5.74) is 3.47. The number of hydrogen-bond acceptors (Lipinski definition) is 4. The van der Waals surface area contributed by atoms with E-state index in [9.17, 15) is 0 Å². The van der Waals surface area contributed by atoms with Gasteiger partial charge in [0, 0.05) is 30.5 Å². The highest BCUT2D eigenvalue weighted by Gasteiger charge is 2.08. The van der Waals surface area contributed by atoms with Crippen LogP contribution in [0.5, 0.6) is 0 Å². The molecule has 0 amide bonds.